The fourth-order valence-corrected chi connectivity index (χ4v) is 8.28. The van der Waals surface area contributed by atoms with Crippen LogP contribution in [0.4, 0.5) is 0 Å². The van der Waals surface area contributed by atoms with E-state index in [1.165, 1.54) is 18.4 Å². The number of rotatable bonds is 6. The number of carbonyl (C=O) groups excluding carboxylic acids is 2. The monoisotopic (exact) mass is 416 g/mol. The minimum absolute atomic E-state index is 0.00496. The summed E-state index contributed by atoms with van der Waals surface area (Å²) in [4.78, 5) is 23.5. The molecule has 3 saturated carbocycles. The van der Waals surface area contributed by atoms with Gasteiger partial charge in [0.2, 0.25) is 0 Å². The Bertz CT molecular complexity index is 727. The predicted molar refractivity (Wildman–Crippen MR) is 117 cm³/mol. The van der Waals surface area contributed by atoms with Crippen LogP contribution in [-0.2, 0) is 14.3 Å². The maximum absolute atomic E-state index is 12.0. The van der Waals surface area contributed by atoms with E-state index in [1.807, 2.05) is 13.0 Å². The summed E-state index contributed by atoms with van der Waals surface area (Å²) >= 11 is 0. The van der Waals surface area contributed by atoms with Gasteiger partial charge in [0, 0.05) is 18.3 Å². The van der Waals surface area contributed by atoms with Crippen LogP contribution in [-0.4, -0.2) is 29.1 Å². The van der Waals surface area contributed by atoms with Crippen LogP contribution in [0.3, 0.4) is 0 Å². The molecule has 0 saturated heterocycles. The van der Waals surface area contributed by atoms with E-state index in [9.17, 15) is 14.7 Å². The van der Waals surface area contributed by atoms with Gasteiger partial charge in [-0.2, -0.15) is 0 Å². The van der Waals surface area contributed by atoms with Gasteiger partial charge in [-0.25, -0.2) is 0 Å². The molecule has 0 aromatic heterocycles. The fraction of sp³-hybridized carbons (Fsp3) is 0.846. The molecule has 0 bridgehead atoms. The van der Waals surface area contributed by atoms with E-state index >= 15 is 0 Å². The third-order valence-corrected chi connectivity index (χ3v) is 9.88. The van der Waals surface area contributed by atoms with E-state index in [4.69, 9.17) is 4.74 Å². The Morgan fingerprint density at radius 3 is 2.63 bits per heavy atom. The van der Waals surface area contributed by atoms with Crippen LogP contribution in [0.2, 0.25) is 0 Å². The minimum atomic E-state index is -0.629. The second-order valence-electron chi connectivity index (χ2n) is 10.8. The molecule has 30 heavy (non-hydrogen) atoms. The third-order valence-electron chi connectivity index (χ3n) is 9.88. The van der Waals surface area contributed by atoms with Crippen LogP contribution in [0.15, 0.2) is 11.6 Å². The Balaban J connectivity index is 1.52. The van der Waals surface area contributed by atoms with Gasteiger partial charge in [0.1, 0.15) is 0 Å². The largest absolute Gasteiger partial charge is 0.466 e. The van der Waals surface area contributed by atoms with Crippen molar-refractivity contribution in [3.63, 3.8) is 0 Å². The first-order valence-electron chi connectivity index (χ1n) is 12.4. The van der Waals surface area contributed by atoms with E-state index in [2.05, 4.69) is 13.8 Å². The van der Waals surface area contributed by atoms with Crippen LogP contribution in [0.1, 0.15) is 97.8 Å². The number of hydrogen-bond acceptors (Lipinski definition) is 4. The van der Waals surface area contributed by atoms with Crippen LogP contribution in [0.25, 0.3) is 0 Å². The van der Waals surface area contributed by atoms with Gasteiger partial charge in [-0.3, -0.25) is 9.59 Å². The summed E-state index contributed by atoms with van der Waals surface area (Å²) in [6.45, 7) is 6.93. The van der Waals surface area contributed by atoms with Gasteiger partial charge >= 0.3 is 5.97 Å². The van der Waals surface area contributed by atoms with Crippen molar-refractivity contribution in [2.45, 2.75) is 103 Å². The Morgan fingerprint density at radius 2 is 1.90 bits per heavy atom. The zero-order chi connectivity index (χ0) is 21.6. The van der Waals surface area contributed by atoms with Crippen LogP contribution >= 0.6 is 0 Å². The third kappa shape index (κ3) is 3.29. The number of hydrogen-bond donors (Lipinski definition) is 1. The van der Waals surface area contributed by atoms with Gasteiger partial charge in [0.25, 0.3) is 0 Å². The first kappa shape index (κ1) is 22.0. The highest BCUT2D eigenvalue weighted by molar-refractivity contribution is 5.91. The summed E-state index contributed by atoms with van der Waals surface area (Å²) in [5.74, 6) is 2.07. The number of ether oxygens (including phenoxy) is 1. The molecule has 6 atom stereocenters. The molecule has 0 spiro atoms. The van der Waals surface area contributed by atoms with Crippen LogP contribution in [0.5, 0.6) is 0 Å². The Kier molecular flexibility index (Phi) is 5.93. The highest BCUT2D eigenvalue weighted by Gasteiger charge is 2.64. The molecule has 0 aromatic rings. The minimum Gasteiger partial charge on any atom is -0.466 e. The lowest BCUT2D eigenvalue weighted by Gasteiger charge is -2.60. The first-order chi connectivity index (χ1) is 14.3. The quantitative estimate of drug-likeness (QED) is 0.467. The molecule has 4 nitrogen and oxygen atoms in total. The molecule has 0 radical (unpaired) electrons. The maximum atomic E-state index is 12.0. The molecular weight excluding hydrogens is 376 g/mol. The summed E-state index contributed by atoms with van der Waals surface area (Å²) < 4.78 is 5.28. The van der Waals surface area contributed by atoms with Crippen molar-refractivity contribution in [2.75, 3.05) is 6.61 Å². The second kappa shape index (κ2) is 8.07. The van der Waals surface area contributed by atoms with E-state index in [1.54, 1.807) is 0 Å². The SMILES string of the molecule is CCC(=O)OCCC[C@]1(O)CC[C@H]2[C@@H]3CCC4=CC(=O)CC[C@]4(C)[C@H]3CC[C@@]21CC. The van der Waals surface area contributed by atoms with Crippen molar-refractivity contribution in [3.05, 3.63) is 11.6 Å². The summed E-state index contributed by atoms with van der Waals surface area (Å²) in [6, 6.07) is 0. The highest BCUT2D eigenvalue weighted by atomic mass is 16.5. The summed E-state index contributed by atoms with van der Waals surface area (Å²) in [5, 5.41) is 11.9. The van der Waals surface area contributed by atoms with Gasteiger partial charge in [-0.15, -0.1) is 0 Å². The van der Waals surface area contributed by atoms with Crippen molar-refractivity contribution in [2.24, 2.45) is 28.6 Å². The second-order valence-corrected chi connectivity index (χ2v) is 10.8. The van der Waals surface area contributed by atoms with Crippen molar-refractivity contribution in [1.29, 1.82) is 0 Å². The molecule has 0 aromatic carbocycles. The van der Waals surface area contributed by atoms with Gasteiger partial charge < -0.3 is 9.84 Å². The van der Waals surface area contributed by atoms with E-state index < -0.39 is 5.60 Å². The summed E-state index contributed by atoms with van der Waals surface area (Å²) in [6.07, 6.45) is 13.1. The number of allylic oxidation sites excluding steroid dienone is 1. The Hall–Kier alpha value is -1.16. The zero-order valence-corrected chi connectivity index (χ0v) is 19.2. The van der Waals surface area contributed by atoms with E-state index in [0.717, 1.165) is 51.4 Å². The van der Waals surface area contributed by atoms with E-state index in [-0.39, 0.29) is 16.8 Å². The summed E-state index contributed by atoms with van der Waals surface area (Å²) in [5.41, 5.74) is 0.974. The lowest BCUT2D eigenvalue weighted by molar-refractivity contribution is -0.150. The van der Waals surface area contributed by atoms with E-state index in [0.29, 0.717) is 43.0 Å². The van der Waals surface area contributed by atoms with Crippen LogP contribution in [0, 0.1) is 28.6 Å². The molecule has 0 heterocycles. The van der Waals surface area contributed by atoms with Crippen LogP contribution < -0.4 is 0 Å². The molecule has 0 amide bonds. The highest BCUT2D eigenvalue weighted by Crippen LogP contribution is 2.69. The van der Waals surface area contributed by atoms with Gasteiger partial charge in [0.05, 0.1) is 12.2 Å². The van der Waals surface area contributed by atoms with Crippen molar-refractivity contribution in [1.82, 2.24) is 0 Å². The number of ketones is 1. The van der Waals surface area contributed by atoms with Crippen molar-refractivity contribution >= 4 is 11.8 Å². The normalized spacial score (nSPS) is 42.7. The molecule has 0 unspecified atom stereocenters. The van der Waals surface area contributed by atoms with Gasteiger partial charge in [-0.05, 0) is 93.5 Å². The molecule has 168 valence electrons. The smallest absolute Gasteiger partial charge is 0.305 e. The Morgan fingerprint density at radius 1 is 1.13 bits per heavy atom. The molecule has 4 aliphatic rings. The average Bonchev–Trinajstić information content (AvgIpc) is 3.04. The van der Waals surface area contributed by atoms with Gasteiger partial charge in [0.15, 0.2) is 5.78 Å². The number of aliphatic hydroxyl groups is 1. The molecule has 1 N–H and O–H groups in total. The van der Waals surface area contributed by atoms with Crippen molar-refractivity contribution in [3.8, 4) is 0 Å². The molecular formula is C26H40O4. The van der Waals surface area contributed by atoms with Crippen molar-refractivity contribution < 1.29 is 19.4 Å². The first-order valence-corrected chi connectivity index (χ1v) is 12.4. The topological polar surface area (TPSA) is 63.6 Å². The average molecular weight is 417 g/mol. The molecule has 3 fully saturated rings. The molecule has 4 aliphatic carbocycles. The maximum Gasteiger partial charge on any atom is 0.305 e. The summed E-state index contributed by atoms with van der Waals surface area (Å²) in [7, 11) is 0. The van der Waals surface area contributed by atoms with Gasteiger partial charge in [-0.1, -0.05) is 26.3 Å². The standard InChI is InChI=1S/C26H40O4/c1-4-23(28)30-16-6-12-26(29)15-11-22-20-8-7-18-17-19(27)9-13-24(18,3)21(20)10-14-25(22,26)5-2/h17,20-22,29H,4-16H2,1-3H3/t20-,21+,22+,24+,25+,26+/m1/s1. The lowest BCUT2D eigenvalue weighted by Crippen LogP contribution is -2.55. The zero-order valence-electron chi connectivity index (χ0n) is 19.2. The lowest BCUT2D eigenvalue weighted by atomic mass is 9.45. The Labute approximate surface area is 181 Å². The molecule has 4 heteroatoms. The number of carbonyl (C=O) groups is 2. The molecule has 4 rings (SSSR count). The number of fused-ring (bicyclic) bond motifs is 5. The number of esters is 1. The molecule has 0 aliphatic heterocycles. The predicted octanol–water partition coefficient (Wildman–Crippen LogP) is 5.37. The fourth-order valence-electron chi connectivity index (χ4n) is 8.28.